The molecule has 0 fully saturated rings. The zero-order valence-corrected chi connectivity index (χ0v) is 13.3. The summed E-state index contributed by atoms with van der Waals surface area (Å²) in [7, 11) is -1.05. The lowest BCUT2D eigenvalue weighted by atomic mass is 9.98. The van der Waals surface area contributed by atoms with Crippen LogP contribution in [0, 0.1) is 0 Å². The Hall–Kier alpha value is -1.43. The number of fused-ring (bicyclic) bond motifs is 1. The lowest BCUT2D eigenvalue weighted by Crippen LogP contribution is -2.34. The maximum Gasteiger partial charge on any atom is 0.148 e. The third-order valence-electron chi connectivity index (χ3n) is 3.75. The summed E-state index contributed by atoms with van der Waals surface area (Å²) in [5.74, 6) is 0.144. The van der Waals surface area contributed by atoms with Gasteiger partial charge in [-0.3, -0.25) is 4.90 Å². The maximum atomic E-state index is 11.3. The van der Waals surface area contributed by atoms with Crippen molar-refractivity contribution in [2.45, 2.75) is 6.04 Å². The van der Waals surface area contributed by atoms with E-state index in [1.165, 1.54) is 17.0 Å². The van der Waals surface area contributed by atoms with Crippen molar-refractivity contribution in [1.82, 2.24) is 4.90 Å². The highest BCUT2D eigenvalue weighted by Gasteiger charge is 2.18. The van der Waals surface area contributed by atoms with Crippen LogP contribution in [0.25, 0.3) is 10.8 Å². The van der Waals surface area contributed by atoms with Gasteiger partial charge in [0.15, 0.2) is 0 Å². The number of hydrogen-bond acceptors (Lipinski definition) is 4. The highest BCUT2D eigenvalue weighted by atomic mass is 32.2. The molecule has 0 amide bonds. The molecule has 21 heavy (non-hydrogen) atoms. The average molecular weight is 306 g/mol. The summed E-state index contributed by atoms with van der Waals surface area (Å²) in [6, 6.07) is 14.3. The van der Waals surface area contributed by atoms with Gasteiger partial charge in [-0.25, -0.2) is 8.42 Å². The van der Waals surface area contributed by atoms with E-state index in [1.54, 1.807) is 0 Å². The van der Waals surface area contributed by atoms with Gasteiger partial charge >= 0.3 is 0 Å². The van der Waals surface area contributed by atoms with E-state index in [2.05, 4.69) is 24.3 Å². The molecule has 2 rings (SSSR count). The van der Waals surface area contributed by atoms with Crippen LogP contribution in [-0.2, 0) is 9.84 Å². The number of rotatable bonds is 6. The van der Waals surface area contributed by atoms with Crippen LogP contribution in [0.5, 0.6) is 0 Å². The molecule has 0 heterocycles. The SMILES string of the molecule is CN(CCS(C)(=O)=O)C(CN)c1cccc2ccccc12. The lowest BCUT2D eigenvalue weighted by molar-refractivity contribution is 0.266. The number of hydrogen-bond donors (Lipinski definition) is 1. The van der Waals surface area contributed by atoms with Gasteiger partial charge in [0.05, 0.1) is 5.75 Å². The zero-order valence-electron chi connectivity index (χ0n) is 12.5. The van der Waals surface area contributed by atoms with E-state index in [0.717, 1.165) is 5.56 Å². The van der Waals surface area contributed by atoms with Crippen LogP contribution in [0.15, 0.2) is 42.5 Å². The van der Waals surface area contributed by atoms with Crippen molar-refractivity contribution >= 4 is 20.6 Å². The molecule has 0 aliphatic carbocycles. The maximum absolute atomic E-state index is 11.3. The highest BCUT2D eigenvalue weighted by molar-refractivity contribution is 7.90. The Morgan fingerprint density at radius 1 is 1.14 bits per heavy atom. The van der Waals surface area contributed by atoms with Crippen molar-refractivity contribution in [3.63, 3.8) is 0 Å². The fourth-order valence-electron chi connectivity index (χ4n) is 2.55. The first kappa shape index (κ1) is 15.9. The van der Waals surface area contributed by atoms with E-state index in [1.807, 2.05) is 30.1 Å². The minimum absolute atomic E-state index is 0.0119. The van der Waals surface area contributed by atoms with Crippen LogP contribution in [0.2, 0.25) is 0 Å². The van der Waals surface area contributed by atoms with Crippen molar-refractivity contribution < 1.29 is 8.42 Å². The highest BCUT2D eigenvalue weighted by Crippen LogP contribution is 2.26. The second-order valence-electron chi connectivity index (χ2n) is 5.43. The van der Waals surface area contributed by atoms with E-state index in [4.69, 9.17) is 5.73 Å². The topological polar surface area (TPSA) is 63.4 Å². The third kappa shape index (κ3) is 4.03. The Balaban J connectivity index is 2.31. The molecule has 0 radical (unpaired) electrons. The largest absolute Gasteiger partial charge is 0.329 e. The molecule has 2 N–H and O–H groups in total. The summed E-state index contributed by atoms with van der Waals surface area (Å²) in [6.07, 6.45) is 1.26. The average Bonchev–Trinajstić information content (AvgIpc) is 2.45. The Bertz CT molecular complexity index is 708. The van der Waals surface area contributed by atoms with Crippen molar-refractivity contribution in [2.24, 2.45) is 5.73 Å². The van der Waals surface area contributed by atoms with Gasteiger partial charge in [-0.05, 0) is 23.4 Å². The summed E-state index contributed by atoms with van der Waals surface area (Å²) in [6.45, 7) is 0.929. The molecule has 114 valence electrons. The minimum Gasteiger partial charge on any atom is -0.329 e. The Morgan fingerprint density at radius 3 is 2.48 bits per heavy atom. The molecule has 0 saturated heterocycles. The number of benzene rings is 2. The molecular formula is C16H22N2O2S. The van der Waals surface area contributed by atoms with Crippen LogP contribution in [-0.4, -0.2) is 45.5 Å². The zero-order chi connectivity index (χ0) is 15.5. The molecular weight excluding hydrogens is 284 g/mol. The molecule has 0 bridgehead atoms. The van der Waals surface area contributed by atoms with E-state index in [-0.39, 0.29) is 11.8 Å². The van der Waals surface area contributed by atoms with Crippen LogP contribution < -0.4 is 5.73 Å². The molecule has 5 heteroatoms. The summed E-state index contributed by atoms with van der Waals surface area (Å²) in [5.41, 5.74) is 7.09. The summed E-state index contributed by atoms with van der Waals surface area (Å²) in [4.78, 5) is 2.02. The van der Waals surface area contributed by atoms with E-state index in [9.17, 15) is 8.42 Å². The van der Waals surface area contributed by atoms with Gasteiger partial charge in [0.1, 0.15) is 9.84 Å². The van der Waals surface area contributed by atoms with Crippen LogP contribution in [0.1, 0.15) is 11.6 Å². The van der Waals surface area contributed by atoms with Gasteiger partial charge in [-0.15, -0.1) is 0 Å². The second-order valence-corrected chi connectivity index (χ2v) is 7.69. The van der Waals surface area contributed by atoms with E-state index < -0.39 is 9.84 Å². The molecule has 1 unspecified atom stereocenters. The van der Waals surface area contributed by atoms with Gasteiger partial charge < -0.3 is 5.73 Å². The fourth-order valence-corrected chi connectivity index (χ4v) is 3.17. The quantitative estimate of drug-likeness (QED) is 0.884. The third-order valence-corrected chi connectivity index (χ3v) is 4.68. The fraction of sp³-hybridized carbons (Fsp3) is 0.375. The van der Waals surface area contributed by atoms with Gasteiger partial charge in [-0.1, -0.05) is 42.5 Å². The van der Waals surface area contributed by atoms with Crippen LogP contribution in [0.4, 0.5) is 0 Å². The molecule has 1 atom stereocenters. The summed E-state index contributed by atoms with van der Waals surface area (Å²) in [5, 5.41) is 2.34. The predicted molar refractivity (Wildman–Crippen MR) is 88.1 cm³/mol. The first-order valence-corrected chi connectivity index (χ1v) is 9.04. The number of sulfone groups is 1. The number of nitrogens with zero attached hydrogens (tertiary/aromatic N) is 1. The van der Waals surface area contributed by atoms with Crippen molar-refractivity contribution in [1.29, 1.82) is 0 Å². The van der Waals surface area contributed by atoms with Crippen LogP contribution in [0.3, 0.4) is 0 Å². The summed E-state index contributed by atoms with van der Waals surface area (Å²) >= 11 is 0. The standard InChI is InChI=1S/C16H22N2O2S/c1-18(10-11-21(2,19)20)16(12-17)15-9-5-7-13-6-3-4-8-14(13)15/h3-9,16H,10-12,17H2,1-2H3. The Labute approximate surface area is 126 Å². The number of nitrogens with two attached hydrogens (primary N) is 1. The predicted octanol–water partition coefficient (Wildman–Crippen LogP) is 1.82. The summed E-state index contributed by atoms with van der Waals surface area (Å²) < 4.78 is 22.7. The number of likely N-dealkylation sites (N-methyl/N-ethyl adjacent to an activating group) is 1. The molecule has 0 spiro atoms. The molecule has 4 nitrogen and oxygen atoms in total. The Morgan fingerprint density at radius 2 is 1.81 bits per heavy atom. The van der Waals surface area contributed by atoms with E-state index in [0.29, 0.717) is 13.1 Å². The normalized spacial score (nSPS) is 13.7. The van der Waals surface area contributed by atoms with Crippen molar-refractivity contribution in [3.05, 3.63) is 48.0 Å². The van der Waals surface area contributed by atoms with E-state index >= 15 is 0 Å². The molecule has 0 aliphatic heterocycles. The molecule has 0 aliphatic rings. The Kier molecular flexibility index (Phi) is 4.98. The second kappa shape index (κ2) is 6.56. The van der Waals surface area contributed by atoms with Gasteiger partial charge in [0, 0.05) is 25.4 Å². The minimum atomic E-state index is -2.97. The van der Waals surface area contributed by atoms with Gasteiger partial charge in [0.2, 0.25) is 0 Å². The van der Waals surface area contributed by atoms with Crippen molar-refractivity contribution in [3.8, 4) is 0 Å². The van der Waals surface area contributed by atoms with Crippen LogP contribution >= 0.6 is 0 Å². The van der Waals surface area contributed by atoms with Crippen molar-refractivity contribution in [2.75, 3.05) is 32.1 Å². The van der Waals surface area contributed by atoms with Gasteiger partial charge in [0.25, 0.3) is 0 Å². The first-order valence-electron chi connectivity index (χ1n) is 6.98. The monoisotopic (exact) mass is 306 g/mol. The molecule has 2 aromatic rings. The molecule has 0 saturated carbocycles. The lowest BCUT2D eigenvalue weighted by Gasteiger charge is -2.28. The molecule has 2 aromatic carbocycles. The molecule has 0 aromatic heterocycles. The van der Waals surface area contributed by atoms with Gasteiger partial charge in [-0.2, -0.15) is 0 Å². The smallest absolute Gasteiger partial charge is 0.148 e. The first-order chi connectivity index (χ1) is 9.92.